The molecule has 0 spiro atoms. The van der Waals surface area contributed by atoms with Crippen LogP contribution in [0.5, 0.6) is 0 Å². The van der Waals surface area contributed by atoms with Gasteiger partial charge in [0.15, 0.2) is 5.82 Å². The van der Waals surface area contributed by atoms with Crippen molar-refractivity contribution in [1.29, 1.82) is 0 Å². The maximum Gasteiger partial charge on any atom is 0.160 e. The Bertz CT molecular complexity index is 605. The van der Waals surface area contributed by atoms with E-state index in [9.17, 15) is 0 Å². The molecule has 1 aliphatic rings. The highest BCUT2D eigenvalue weighted by atomic mass is 16.5. The molecule has 1 fully saturated rings. The molecule has 6 heteroatoms. The molecule has 0 aliphatic heterocycles. The first-order chi connectivity index (χ1) is 9.71. The first-order valence-electron chi connectivity index (χ1n) is 6.80. The molecule has 106 valence electrons. The molecule has 6 nitrogen and oxygen atoms in total. The molecule has 0 radical (unpaired) electrons. The third-order valence-corrected chi connectivity index (χ3v) is 3.56. The zero-order valence-corrected chi connectivity index (χ0v) is 12.0. The number of hydrogen-bond donors (Lipinski definition) is 1. The number of aryl methyl sites for hydroxylation is 1. The predicted octanol–water partition coefficient (Wildman–Crippen LogP) is 2.02. The molecule has 3 rings (SSSR count). The summed E-state index contributed by atoms with van der Waals surface area (Å²) in [7, 11) is 5.48. The van der Waals surface area contributed by atoms with E-state index in [0.717, 1.165) is 22.9 Å². The van der Waals surface area contributed by atoms with Gasteiger partial charge in [0.2, 0.25) is 0 Å². The average Bonchev–Trinajstić information content (AvgIpc) is 3.20. The van der Waals surface area contributed by atoms with Crippen molar-refractivity contribution in [2.24, 2.45) is 13.0 Å². The summed E-state index contributed by atoms with van der Waals surface area (Å²) in [5.41, 5.74) is 1.86. The zero-order valence-electron chi connectivity index (χ0n) is 12.0. The van der Waals surface area contributed by atoms with E-state index in [1.165, 1.54) is 12.8 Å². The van der Waals surface area contributed by atoms with Gasteiger partial charge in [-0.05, 0) is 18.8 Å². The lowest BCUT2D eigenvalue weighted by Crippen LogP contribution is -2.11. The molecule has 1 unspecified atom stereocenters. The molecule has 20 heavy (non-hydrogen) atoms. The molecular formula is C14H19N5O. The van der Waals surface area contributed by atoms with Gasteiger partial charge in [-0.3, -0.25) is 4.68 Å². The van der Waals surface area contributed by atoms with Crippen LogP contribution in [0.4, 0.5) is 5.82 Å². The molecule has 0 amide bonds. The smallest absolute Gasteiger partial charge is 0.160 e. The Morgan fingerprint density at radius 2 is 2.20 bits per heavy atom. The highest BCUT2D eigenvalue weighted by Crippen LogP contribution is 2.42. The van der Waals surface area contributed by atoms with Gasteiger partial charge in [-0.15, -0.1) is 0 Å². The maximum absolute atomic E-state index is 5.58. The molecule has 1 atom stereocenters. The summed E-state index contributed by atoms with van der Waals surface area (Å²) in [5, 5.41) is 7.28. The first-order valence-corrected chi connectivity index (χ1v) is 6.80. The van der Waals surface area contributed by atoms with E-state index in [4.69, 9.17) is 4.74 Å². The van der Waals surface area contributed by atoms with Crippen LogP contribution in [0, 0.1) is 5.92 Å². The van der Waals surface area contributed by atoms with Crippen molar-refractivity contribution >= 4 is 5.82 Å². The number of nitrogens with zero attached hydrogens (tertiary/aromatic N) is 4. The number of methoxy groups -OCH3 is 1. The van der Waals surface area contributed by atoms with Crippen LogP contribution in [0.2, 0.25) is 0 Å². The van der Waals surface area contributed by atoms with Crippen LogP contribution in [-0.4, -0.2) is 33.9 Å². The van der Waals surface area contributed by atoms with E-state index < -0.39 is 0 Å². The molecular weight excluding hydrogens is 254 g/mol. The third kappa shape index (κ3) is 2.51. The predicted molar refractivity (Wildman–Crippen MR) is 76.3 cm³/mol. The van der Waals surface area contributed by atoms with Crippen LogP contribution in [0.1, 0.15) is 24.8 Å². The van der Waals surface area contributed by atoms with E-state index >= 15 is 0 Å². The van der Waals surface area contributed by atoms with Crippen molar-refractivity contribution in [3.8, 4) is 11.3 Å². The minimum atomic E-state index is -0.0151. The maximum atomic E-state index is 5.58. The minimum Gasteiger partial charge on any atom is -0.373 e. The van der Waals surface area contributed by atoms with Gasteiger partial charge in [0, 0.05) is 39.0 Å². The van der Waals surface area contributed by atoms with Gasteiger partial charge in [-0.2, -0.15) is 5.10 Å². The van der Waals surface area contributed by atoms with Crippen LogP contribution in [0.25, 0.3) is 11.3 Å². The Kier molecular flexibility index (Phi) is 3.40. The second-order valence-corrected chi connectivity index (χ2v) is 5.14. The quantitative estimate of drug-likeness (QED) is 0.902. The number of nitrogens with one attached hydrogen (secondary N) is 1. The van der Waals surface area contributed by atoms with Crippen LogP contribution < -0.4 is 5.32 Å². The SMILES string of the molecule is CNc1cc(-c2cnn(C)c2)nc(C(OC)C2CC2)n1. The topological polar surface area (TPSA) is 64.9 Å². The Morgan fingerprint density at radius 3 is 2.75 bits per heavy atom. The lowest BCUT2D eigenvalue weighted by Gasteiger charge is -2.15. The minimum absolute atomic E-state index is 0.0151. The van der Waals surface area contributed by atoms with Crippen LogP contribution in [0.15, 0.2) is 18.5 Å². The fourth-order valence-electron chi connectivity index (χ4n) is 2.33. The number of ether oxygens (including phenoxy) is 1. The fourth-order valence-corrected chi connectivity index (χ4v) is 2.33. The van der Waals surface area contributed by atoms with Gasteiger partial charge in [0.1, 0.15) is 11.9 Å². The summed E-state index contributed by atoms with van der Waals surface area (Å²) >= 11 is 0. The summed E-state index contributed by atoms with van der Waals surface area (Å²) in [4.78, 5) is 9.21. The molecule has 1 aliphatic carbocycles. The molecule has 2 heterocycles. The molecule has 1 N–H and O–H groups in total. The first kappa shape index (κ1) is 13.1. The molecule has 0 aromatic carbocycles. The Balaban J connectivity index is 2.02. The second kappa shape index (κ2) is 5.20. The van der Waals surface area contributed by atoms with Crippen molar-refractivity contribution in [2.45, 2.75) is 18.9 Å². The van der Waals surface area contributed by atoms with Crippen molar-refractivity contribution in [3.05, 3.63) is 24.3 Å². The number of rotatable bonds is 5. The standard InChI is InChI=1S/C14H19N5O/c1-15-12-6-11(10-7-16-19(2)8-10)17-14(18-12)13(20-3)9-4-5-9/h6-9,13H,4-5H2,1-3H3,(H,15,17,18). The van der Waals surface area contributed by atoms with E-state index in [0.29, 0.717) is 5.92 Å². The van der Waals surface area contributed by atoms with Gasteiger partial charge in [0.05, 0.1) is 11.9 Å². The fraction of sp³-hybridized carbons (Fsp3) is 0.500. The van der Waals surface area contributed by atoms with Crippen molar-refractivity contribution in [3.63, 3.8) is 0 Å². The Labute approximate surface area is 118 Å². The normalized spacial score (nSPS) is 16.1. The van der Waals surface area contributed by atoms with Crippen molar-refractivity contribution < 1.29 is 4.74 Å². The largest absolute Gasteiger partial charge is 0.373 e. The molecule has 0 bridgehead atoms. The van der Waals surface area contributed by atoms with Gasteiger partial charge >= 0.3 is 0 Å². The summed E-state index contributed by atoms with van der Waals surface area (Å²) in [6.45, 7) is 0. The molecule has 0 saturated heterocycles. The monoisotopic (exact) mass is 273 g/mol. The van der Waals surface area contributed by atoms with Gasteiger partial charge in [-0.1, -0.05) is 0 Å². The average molecular weight is 273 g/mol. The van der Waals surface area contributed by atoms with E-state index in [1.54, 1.807) is 11.8 Å². The van der Waals surface area contributed by atoms with E-state index in [2.05, 4.69) is 20.4 Å². The van der Waals surface area contributed by atoms with E-state index in [-0.39, 0.29) is 6.10 Å². The van der Waals surface area contributed by atoms with Crippen LogP contribution in [-0.2, 0) is 11.8 Å². The molecule has 2 aromatic heterocycles. The number of aromatic nitrogens is 4. The summed E-state index contributed by atoms with van der Waals surface area (Å²) < 4.78 is 7.35. The zero-order chi connectivity index (χ0) is 14.1. The van der Waals surface area contributed by atoms with Crippen molar-refractivity contribution in [1.82, 2.24) is 19.7 Å². The van der Waals surface area contributed by atoms with Gasteiger partial charge < -0.3 is 10.1 Å². The van der Waals surface area contributed by atoms with Crippen molar-refractivity contribution in [2.75, 3.05) is 19.5 Å². The lowest BCUT2D eigenvalue weighted by atomic mass is 10.2. The Hall–Kier alpha value is -1.95. The summed E-state index contributed by atoms with van der Waals surface area (Å²) in [5.74, 6) is 2.10. The van der Waals surface area contributed by atoms with Crippen LogP contribution >= 0.6 is 0 Å². The highest BCUT2D eigenvalue weighted by molar-refractivity contribution is 5.61. The summed E-state index contributed by atoms with van der Waals surface area (Å²) in [6.07, 6.45) is 6.12. The van der Waals surface area contributed by atoms with Crippen LogP contribution in [0.3, 0.4) is 0 Å². The van der Waals surface area contributed by atoms with Gasteiger partial charge in [-0.25, -0.2) is 9.97 Å². The highest BCUT2D eigenvalue weighted by Gasteiger charge is 2.34. The third-order valence-electron chi connectivity index (χ3n) is 3.56. The second-order valence-electron chi connectivity index (χ2n) is 5.14. The summed E-state index contributed by atoms with van der Waals surface area (Å²) in [6, 6.07) is 1.93. The molecule has 1 saturated carbocycles. The lowest BCUT2D eigenvalue weighted by molar-refractivity contribution is 0.0774. The van der Waals surface area contributed by atoms with Gasteiger partial charge in [0.25, 0.3) is 0 Å². The number of anilines is 1. The molecule has 2 aromatic rings. The Morgan fingerprint density at radius 1 is 1.40 bits per heavy atom. The number of hydrogen-bond acceptors (Lipinski definition) is 5. The van der Waals surface area contributed by atoms with E-state index in [1.807, 2.05) is 32.6 Å².